The highest BCUT2D eigenvalue weighted by molar-refractivity contribution is 5.92. The number of carbonyl (C=O) groups excluding carboxylic acids is 3. The summed E-state index contributed by atoms with van der Waals surface area (Å²) in [7, 11) is 1.24. The molecule has 0 saturated heterocycles. The van der Waals surface area contributed by atoms with Crippen molar-refractivity contribution in [3.05, 3.63) is 66.0 Å². The van der Waals surface area contributed by atoms with Gasteiger partial charge in [-0.1, -0.05) is 69.5 Å². The van der Waals surface area contributed by atoms with Crippen LogP contribution in [0.4, 0.5) is 4.79 Å². The van der Waals surface area contributed by atoms with Crippen molar-refractivity contribution in [1.82, 2.24) is 26.1 Å². The molecule has 3 rings (SSSR count). The van der Waals surface area contributed by atoms with Crippen molar-refractivity contribution in [2.75, 3.05) is 20.2 Å². The van der Waals surface area contributed by atoms with E-state index < -0.39 is 30.2 Å². The van der Waals surface area contributed by atoms with Crippen LogP contribution in [-0.4, -0.2) is 71.4 Å². The van der Waals surface area contributed by atoms with Gasteiger partial charge in [-0.15, -0.1) is 0 Å². The van der Waals surface area contributed by atoms with Gasteiger partial charge in [-0.05, 0) is 48.8 Å². The monoisotopic (exact) mass is 553 g/mol. The van der Waals surface area contributed by atoms with Crippen LogP contribution in [0.1, 0.15) is 62.0 Å². The zero-order valence-corrected chi connectivity index (χ0v) is 23.7. The van der Waals surface area contributed by atoms with E-state index in [1.165, 1.54) is 31.4 Å². The van der Waals surface area contributed by atoms with Gasteiger partial charge in [0.05, 0.1) is 25.8 Å². The summed E-state index contributed by atoms with van der Waals surface area (Å²) in [6, 6.07) is 13.0. The van der Waals surface area contributed by atoms with Gasteiger partial charge in [-0.3, -0.25) is 19.6 Å². The molecule has 0 spiro atoms. The van der Waals surface area contributed by atoms with Crippen LogP contribution in [0, 0.1) is 11.8 Å². The Kier molecular flexibility index (Phi) is 12.4. The molecule has 4 N–H and O–H groups in total. The second kappa shape index (κ2) is 15.9. The fourth-order valence-electron chi connectivity index (χ4n) is 4.94. The summed E-state index contributed by atoms with van der Waals surface area (Å²) in [5.74, 6) is -0.584. The number of aliphatic hydroxyl groups excluding tert-OH is 1. The Morgan fingerprint density at radius 2 is 1.73 bits per heavy atom. The van der Waals surface area contributed by atoms with Crippen molar-refractivity contribution >= 4 is 17.9 Å². The van der Waals surface area contributed by atoms with E-state index in [2.05, 4.69) is 25.8 Å². The van der Waals surface area contributed by atoms with E-state index in [-0.39, 0.29) is 24.1 Å². The maximum absolute atomic E-state index is 13.4. The van der Waals surface area contributed by atoms with Crippen LogP contribution in [0.2, 0.25) is 0 Å². The number of hydrazine groups is 1. The number of nitrogens with zero attached hydrogens (tertiary/aromatic N) is 2. The molecule has 218 valence electrons. The second-order valence-electron chi connectivity index (χ2n) is 10.7. The molecular formula is C30H43N5O5. The molecule has 40 heavy (non-hydrogen) atoms. The molecule has 1 aromatic carbocycles. The Morgan fingerprint density at radius 3 is 2.35 bits per heavy atom. The molecule has 1 fully saturated rings. The molecule has 1 aliphatic rings. The number of ether oxygens (including phenoxy) is 1. The van der Waals surface area contributed by atoms with Crippen LogP contribution >= 0.6 is 0 Å². The van der Waals surface area contributed by atoms with E-state index in [4.69, 9.17) is 0 Å². The molecule has 3 atom stereocenters. The number of hydrogen-bond acceptors (Lipinski definition) is 7. The van der Waals surface area contributed by atoms with Crippen LogP contribution < -0.4 is 16.1 Å². The van der Waals surface area contributed by atoms with Crippen molar-refractivity contribution in [3.63, 3.8) is 0 Å². The summed E-state index contributed by atoms with van der Waals surface area (Å²) < 4.78 is 4.69. The first-order valence-corrected chi connectivity index (χ1v) is 14.1. The van der Waals surface area contributed by atoms with Crippen molar-refractivity contribution in [1.29, 1.82) is 0 Å². The van der Waals surface area contributed by atoms with Crippen LogP contribution in [-0.2, 0) is 16.0 Å². The highest BCUT2D eigenvalue weighted by Crippen LogP contribution is 2.23. The summed E-state index contributed by atoms with van der Waals surface area (Å²) in [4.78, 5) is 42.8. The predicted molar refractivity (Wildman–Crippen MR) is 152 cm³/mol. The molecule has 0 radical (unpaired) electrons. The van der Waals surface area contributed by atoms with Gasteiger partial charge in [-0.2, -0.15) is 0 Å². The quantitative estimate of drug-likeness (QED) is 0.280. The van der Waals surface area contributed by atoms with E-state index in [0.29, 0.717) is 18.9 Å². The molecule has 0 bridgehead atoms. The first-order chi connectivity index (χ1) is 19.3. The first kappa shape index (κ1) is 31.0. The molecule has 1 heterocycles. The van der Waals surface area contributed by atoms with Crippen molar-refractivity contribution in [2.24, 2.45) is 11.8 Å². The average Bonchev–Trinajstić information content (AvgIpc) is 2.98. The minimum Gasteiger partial charge on any atom is -0.453 e. The summed E-state index contributed by atoms with van der Waals surface area (Å²) in [5.41, 5.74) is 4.43. The predicted octanol–water partition coefficient (Wildman–Crippen LogP) is 3.08. The molecule has 10 heteroatoms. The van der Waals surface area contributed by atoms with Crippen LogP contribution in [0.3, 0.4) is 0 Å². The molecule has 1 saturated carbocycles. The third-order valence-corrected chi connectivity index (χ3v) is 7.29. The summed E-state index contributed by atoms with van der Waals surface area (Å²) >= 11 is 0. The summed E-state index contributed by atoms with van der Waals surface area (Å²) in [6.45, 7) is 4.16. The number of methoxy groups -OCH3 is 1. The lowest BCUT2D eigenvalue weighted by Gasteiger charge is -2.33. The Labute approximate surface area is 236 Å². The number of hydrogen-bond donors (Lipinski definition) is 4. The lowest BCUT2D eigenvalue weighted by Crippen LogP contribution is -2.58. The molecule has 2 unspecified atom stereocenters. The maximum atomic E-state index is 13.4. The Morgan fingerprint density at radius 1 is 1.02 bits per heavy atom. The van der Waals surface area contributed by atoms with Gasteiger partial charge in [0.25, 0.3) is 5.91 Å². The Hall–Kier alpha value is -3.50. The topological polar surface area (TPSA) is 133 Å². The SMILES string of the molecule is COC(=O)N[C@H](C(=O)NC(Cc1ccccc1)C(O)CN(NCC1CCCCC1)C(=O)c1ccccn1)C(C)C. The van der Waals surface area contributed by atoms with Gasteiger partial charge in [0.1, 0.15) is 11.7 Å². The third kappa shape index (κ3) is 9.60. The number of rotatable bonds is 13. The molecule has 2 aromatic rings. The number of carbonyl (C=O) groups is 3. The van der Waals surface area contributed by atoms with E-state index in [9.17, 15) is 19.5 Å². The fourth-order valence-corrected chi connectivity index (χ4v) is 4.94. The number of aromatic nitrogens is 1. The summed E-state index contributed by atoms with van der Waals surface area (Å²) in [5, 5.41) is 18.4. The number of amides is 3. The molecule has 10 nitrogen and oxygen atoms in total. The molecule has 3 amide bonds. The zero-order chi connectivity index (χ0) is 28.9. The number of pyridine rings is 1. The standard InChI is InChI=1S/C30H43N5O5/c1-21(2)27(34-30(39)40-3)28(37)33-25(18-22-12-6-4-7-13-22)26(36)20-35(29(38)24-16-10-11-17-31-24)32-19-23-14-8-5-9-15-23/h4,6-7,10-13,16-17,21,23,25-27,32,36H,5,8-9,14-15,18-20H2,1-3H3,(H,33,37)(H,34,39)/t25?,26?,27-/m0/s1. The van der Waals surface area contributed by atoms with E-state index >= 15 is 0 Å². The molecular weight excluding hydrogens is 510 g/mol. The third-order valence-electron chi connectivity index (χ3n) is 7.29. The van der Waals surface area contributed by atoms with Gasteiger partial charge in [0.15, 0.2) is 0 Å². The Balaban J connectivity index is 1.80. The lowest BCUT2D eigenvalue weighted by atomic mass is 9.89. The van der Waals surface area contributed by atoms with Gasteiger partial charge in [-0.25, -0.2) is 10.2 Å². The smallest absolute Gasteiger partial charge is 0.407 e. The van der Waals surface area contributed by atoms with Crippen LogP contribution in [0.25, 0.3) is 0 Å². The van der Waals surface area contributed by atoms with Gasteiger partial charge in [0, 0.05) is 12.7 Å². The average molecular weight is 554 g/mol. The van der Waals surface area contributed by atoms with Crippen molar-refractivity contribution < 1.29 is 24.2 Å². The van der Waals surface area contributed by atoms with Crippen LogP contribution in [0.5, 0.6) is 0 Å². The Bertz CT molecular complexity index is 1060. The van der Waals surface area contributed by atoms with Gasteiger partial charge < -0.3 is 20.5 Å². The van der Waals surface area contributed by atoms with E-state index in [1.54, 1.807) is 24.4 Å². The van der Waals surface area contributed by atoms with Crippen LogP contribution in [0.15, 0.2) is 54.7 Å². The number of alkyl carbamates (subject to hydrolysis) is 1. The number of benzene rings is 1. The zero-order valence-electron chi connectivity index (χ0n) is 23.7. The largest absolute Gasteiger partial charge is 0.453 e. The highest BCUT2D eigenvalue weighted by Gasteiger charge is 2.31. The van der Waals surface area contributed by atoms with Crippen molar-refractivity contribution in [3.8, 4) is 0 Å². The van der Waals surface area contributed by atoms with Gasteiger partial charge in [0.2, 0.25) is 5.91 Å². The normalized spacial score (nSPS) is 16.0. The van der Waals surface area contributed by atoms with E-state index in [0.717, 1.165) is 18.4 Å². The molecule has 0 aliphatic heterocycles. The minimum absolute atomic E-state index is 0.0727. The highest BCUT2D eigenvalue weighted by atomic mass is 16.5. The second-order valence-corrected chi connectivity index (χ2v) is 10.7. The number of nitrogens with one attached hydrogen (secondary N) is 3. The molecule has 1 aliphatic carbocycles. The lowest BCUT2D eigenvalue weighted by molar-refractivity contribution is -0.125. The van der Waals surface area contributed by atoms with Crippen molar-refractivity contribution in [2.45, 2.75) is 70.6 Å². The first-order valence-electron chi connectivity index (χ1n) is 14.1. The maximum Gasteiger partial charge on any atom is 0.407 e. The minimum atomic E-state index is -1.12. The van der Waals surface area contributed by atoms with E-state index in [1.807, 2.05) is 44.2 Å². The fraction of sp³-hybridized carbons (Fsp3) is 0.533. The number of aliphatic hydroxyl groups is 1. The van der Waals surface area contributed by atoms with Gasteiger partial charge >= 0.3 is 6.09 Å². The molecule has 1 aromatic heterocycles. The summed E-state index contributed by atoms with van der Waals surface area (Å²) in [6.07, 6.45) is 5.81.